The maximum atomic E-state index is 12.4. The Hall–Kier alpha value is -3.61. The molecule has 0 aliphatic heterocycles. The molecule has 2 rings (SSSR count). The Bertz CT molecular complexity index is 891. The molecule has 0 atom stereocenters. The summed E-state index contributed by atoms with van der Waals surface area (Å²) in [5.41, 5.74) is 1.15. The Balaban J connectivity index is 2.00. The lowest BCUT2D eigenvalue weighted by atomic mass is 10.2. The summed E-state index contributed by atoms with van der Waals surface area (Å²) in [6.07, 6.45) is 1.47. The van der Waals surface area contributed by atoms with Crippen molar-refractivity contribution in [2.75, 3.05) is 12.1 Å². The predicted molar refractivity (Wildman–Crippen MR) is 110 cm³/mol. The summed E-state index contributed by atoms with van der Waals surface area (Å²) in [5.74, 6) is -1.08. The van der Waals surface area contributed by atoms with Gasteiger partial charge in [0.05, 0.1) is 5.92 Å². The number of esters is 2. The molecule has 0 saturated heterocycles. The molecule has 0 bridgehead atoms. The van der Waals surface area contributed by atoms with Crippen molar-refractivity contribution < 1.29 is 23.8 Å². The molecule has 0 aliphatic rings. The van der Waals surface area contributed by atoms with Gasteiger partial charge in [0.15, 0.2) is 5.88 Å². The molecule has 0 aliphatic carbocycles. The third-order valence-corrected chi connectivity index (χ3v) is 3.58. The highest BCUT2D eigenvalue weighted by molar-refractivity contribution is 5.93. The highest BCUT2D eigenvalue weighted by Gasteiger charge is 2.18. The van der Waals surface area contributed by atoms with Crippen LogP contribution in [0.15, 0.2) is 66.6 Å². The Kier molecular flexibility index (Phi) is 7.97. The van der Waals surface area contributed by atoms with Crippen LogP contribution in [0.1, 0.15) is 31.1 Å². The van der Waals surface area contributed by atoms with Crippen LogP contribution in [0.2, 0.25) is 0 Å². The number of anilines is 1. The van der Waals surface area contributed by atoms with Crippen molar-refractivity contribution >= 4 is 23.3 Å². The topological polar surface area (TPSA) is 97.7 Å². The summed E-state index contributed by atoms with van der Waals surface area (Å²) in [5, 5.41) is 10.6. The summed E-state index contributed by atoms with van der Waals surface area (Å²) >= 11 is 0. The summed E-state index contributed by atoms with van der Waals surface area (Å²) in [6, 6.07) is 15.6. The minimum atomic E-state index is -0.692. The van der Waals surface area contributed by atoms with Gasteiger partial charge in [-0.1, -0.05) is 44.2 Å². The van der Waals surface area contributed by atoms with Crippen LogP contribution >= 0.6 is 0 Å². The Morgan fingerprint density at radius 3 is 2.34 bits per heavy atom. The van der Waals surface area contributed by atoms with Gasteiger partial charge in [0.1, 0.15) is 11.3 Å². The molecule has 0 spiro atoms. The van der Waals surface area contributed by atoms with Gasteiger partial charge in [0.25, 0.3) is 0 Å². The molecule has 0 heterocycles. The first-order chi connectivity index (χ1) is 13.9. The van der Waals surface area contributed by atoms with Gasteiger partial charge in [-0.2, -0.15) is 0 Å². The predicted octanol–water partition coefficient (Wildman–Crippen LogP) is 4.37. The lowest BCUT2D eigenvalue weighted by Crippen LogP contribution is -2.18. The lowest BCUT2D eigenvalue weighted by Gasteiger charge is -2.14. The first-order valence-corrected chi connectivity index (χ1v) is 9.06. The second kappa shape index (κ2) is 10.7. The second-order valence-electron chi connectivity index (χ2n) is 6.45. The van der Waals surface area contributed by atoms with Crippen LogP contribution < -0.4 is 10.1 Å². The van der Waals surface area contributed by atoms with Crippen molar-refractivity contribution in [1.29, 1.82) is 5.41 Å². The first kappa shape index (κ1) is 21.7. The number of hydrogen-bond acceptors (Lipinski definition) is 7. The van der Waals surface area contributed by atoms with Gasteiger partial charge in [-0.3, -0.25) is 4.79 Å². The molecule has 29 heavy (non-hydrogen) atoms. The number of benzene rings is 2. The molecule has 0 unspecified atom stereocenters. The third kappa shape index (κ3) is 7.14. The summed E-state index contributed by atoms with van der Waals surface area (Å²) in [4.78, 5) is 24.2. The van der Waals surface area contributed by atoms with E-state index in [2.05, 4.69) is 5.32 Å². The number of rotatable bonds is 9. The third-order valence-electron chi connectivity index (χ3n) is 3.58. The fourth-order valence-electron chi connectivity index (χ4n) is 2.15. The monoisotopic (exact) mass is 396 g/mol. The minimum absolute atomic E-state index is 0.120. The molecule has 7 heteroatoms. The van der Waals surface area contributed by atoms with E-state index in [1.165, 1.54) is 18.2 Å². The highest BCUT2D eigenvalue weighted by Crippen LogP contribution is 2.20. The standard InChI is InChI=1S/C22H24N2O5/c1-15(2)21(25)29-19-12-8-7-11-18(19)22(26)28-14-27-20(13-16(3)23)24-17-9-5-4-6-10-17/h4-13,15,23-24H,14H2,1-3H3/b20-13+,23-16?. The van der Waals surface area contributed by atoms with Gasteiger partial charge in [-0.15, -0.1) is 0 Å². The van der Waals surface area contributed by atoms with Gasteiger partial charge in [-0.25, -0.2) is 4.79 Å². The molecule has 0 radical (unpaired) electrons. The number of hydrogen-bond donors (Lipinski definition) is 2. The molecule has 0 saturated carbocycles. The van der Waals surface area contributed by atoms with Crippen LogP contribution in [0, 0.1) is 11.3 Å². The molecule has 2 N–H and O–H groups in total. The van der Waals surface area contributed by atoms with E-state index < -0.39 is 11.9 Å². The number of allylic oxidation sites excluding steroid dienone is 1. The summed E-state index contributed by atoms with van der Waals surface area (Å²) in [6.45, 7) is 4.62. The van der Waals surface area contributed by atoms with E-state index in [0.29, 0.717) is 0 Å². The zero-order chi connectivity index (χ0) is 21.2. The maximum absolute atomic E-state index is 12.4. The SMILES string of the molecule is CC(=N)/C=C(\Nc1ccccc1)OCOC(=O)c1ccccc1OC(=O)C(C)C. The normalized spacial score (nSPS) is 11.0. The van der Waals surface area contributed by atoms with E-state index >= 15 is 0 Å². The van der Waals surface area contributed by atoms with Gasteiger partial charge >= 0.3 is 11.9 Å². The molecular weight excluding hydrogens is 372 g/mol. The van der Waals surface area contributed by atoms with E-state index in [1.807, 2.05) is 30.3 Å². The minimum Gasteiger partial charge on any atom is -0.442 e. The van der Waals surface area contributed by atoms with Gasteiger partial charge in [0, 0.05) is 17.5 Å². The van der Waals surface area contributed by atoms with Crippen LogP contribution in [-0.4, -0.2) is 24.4 Å². The van der Waals surface area contributed by atoms with Crippen molar-refractivity contribution in [3.63, 3.8) is 0 Å². The molecule has 7 nitrogen and oxygen atoms in total. The Morgan fingerprint density at radius 1 is 1.03 bits per heavy atom. The highest BCUT2D eigenvalue weighted by atomic mass is 16.7. The number of carbonyl (C=O) groups excluding carboxylic acids is 2. The zero-order valence-electron chi connectivity index (χ0n) is 16.6. The largest absolute Gasteiger partial charge is 0.442 e. The van der Waals surface area contributed by atoms with E-state index in [9.17, 15) is 9.59 Å². The molecule has 2 aromatic carbocycles. The average Bonchev–Trinajstić information content (AvgIpc) is 2.68. The first-order valence-electron chi connectivity index (χ1n) is 9.06. The number of para-hydroxylation sites is 2. The van der Waals surface area contributed by atoms with E-state index in [4.69, 9.17) is 19.6 Å². The van der Waals surface area contributed by atoms with Crippen molar-refractivity contribution in [3.05, 3.63) is 72.1 Å². The maximum Gasteiger partial charge on any atom is 0.344 e. The summed E-state index contributed by atoms with van der Waals surface area (Å²) in [7, 11) is 0. The molecule has 0 aromatic heterocycles. The molecular formula is C22H24N2O5. The van der Waals surface area contributed by atoms with Crippen LogP contribution in [-0.2, 0) is 14.3 Å². The smallest absolute Gasteiger partial charge is 0.344 e. The fourth-order valence-corrected chi connectivity index (χ4v) is 2.15. The van der Waals surface area contributed by atoms with Crippen LogP contribution in [0.5, 0.6) is 5.75 Å². The molecule has 152 valence electrons. The van der Waals surface area contributed by atoms with Gasteiger partial charge in [0.2, 0.25) is 6.79 Å². The van der Waals surface area contributed by atoms with Crippen molar-refractivity contribution in [1.82, 2.24) is 0 Å². The van der Waals surface area contributed by atoms with Crippen LogP contribution in [0.25, 0.3) is 0 Å². The van der Waals surface area contributed by atoms with Gasteiger partial charge in [-0.05, 0) is 31.2 Å². The molecule has 0 amide bonds. The molecule has 2 aromatic rings. The van der Waals surface area contributed by atoms with E-state index in [-0.39, 0.29) is 35.6 Å². The summed E-state index contributed by atoms with van der Waals surface area (Å²) < 4.78 is 15.9. The Morgan fingerprint density at radius 2 is 1.69 bits per heavy atom. The van der Waals surface area contributed by atoms with Crippen LogP contribution in [0.3, 0.4) is 0 Å². The van der Waals surface area contributed by atoms with Crippen molar-refractivity contribution in [2.45, 2.75) is 20.8 Å². The number of carbonyl (C=O) groups is 2. The van der Waals surface area contributed by atoms with Gasteiger partial charge < -0.3 is 24.9 Å². The Labute approximate surface area is 169 Å². The fraction of sp³-hybridized carbons (Fsp3) is 0.227. The van der Waals surface area contributed by atoms with Crippen molar-refractivity contribution in [3.8, 4) is 5.75 Å². The van der Waals surface area contributed by atoms with E-state index in [0.717, 1.165) is 5.69 Å². The lowest BCUT2D eigenvalue weighted by molar-refractivity contribution is -0.137. The number of nitrogens with one attached hydrogen (secondary N) is 2. The van der Waals surface area contributed by atoms with E-state index in [1.54, 1.807) is 32.9 Å². The van der Waals surface area contributed by atoms with Crippen molar-refractivity contribution in [2.24, 2.45) is 5.92 Å². The average molecular weight is 396 g/mol. The number of ether oxygens (including phenoxy) is 3. The zero-order valence-corrected chi connectivity index (χ0v) is 16.6. The molecule has 0 fully saturated rings. The van der Waals surface area contributed by atoms with Crippen LogP contribution in [0.4, 0.5) is 5.69 Å². The quantitative estimate of drug-likeness (QED) is 0.215. The second-order valence-corrected chi connectivity index (χ2v) is 6.45.